The first kappa shape index (κ1) is 23.5. The van der Waals surface area contributed by atoms with Crippen LogP contribution in [0, 0.1) is 0 Å². The van der Waals surface area contributed by atoms with E-state index in [1.54, 1.807) is 0 Å². The fraction of sp³-hybridized carbons (Fsp3) is 0.667. The molecule has 11 nitrogen and oxygen atoms in total. The van der Waals surface area contributed by atoms with Crippen molar-refractivity contribution in [2.75, 3.05) is 12.3 Å². The maximum atomic E-state index is 12.4. The van der Waals surface area contributed by atoms with Gasteiger partial charge in [-0.3, -0.25) is 19.4 Å². The molecule has 25 heavy (non-hydrogen) atoms. The Kier molecular flexibility index (Phi) is 11.2. The summed E-state index contributed by atoms with van der Waals surface area (Å²) >= 11 is 0. The number of carbonyl (C=O) groups excluding carboxylic acids is 1. The van der Waals surface area contributed by atoms with Gasteiger partial charge in [0.05, 0.1) is 6.04 Å². The number of aliphatic carboxylic acids is 2. The molecular weight excluding hydrogens is 372 g/mol. The van der Waals surface area contributed by atoms with Crippen molar-refractivity contribution in [1.29, 1.82) is 0 Å². The second-order valence-corrected chi connectivity index (χ2v) is 7.62. The monoisotopic (exact) mass is 396 g/mol. The van der Waals surface area contributed by atoms with Gasteiger partial charge in [-0.15, -0.1) is 0 Å². The van der Waals surface area contributed by atoms with Gasteiger partial charge in [-0.1, -0.05) is 21.6 Å². The van der Waals surface area contributed by atoms with Crippen molar-refractivity contribution in [2.45, 2.75) is 36.2 Å². The van der Waals surface area contributed by atoms with Crippen molar-refractivity contribution in [3.8, 4) is 0 Å². The summed E-state index contributed by atoms with van der Waals surface area (Å²) in [6, 6.07) is -3.55. The number of carboxylic acid groups (broad SMARTS) is 2. The van der Waals surface area contributed by atoms with Gasteiger partial charge in [0.2, 0.25) is 0 Å². The minimum Gasteiger partial charge on any atom is -0.480 e. The van der Waals surface area contributed by atoms with Crippen molar-refractivity contribution in [2.24, 2.45) is 33.7 Å². The predicted octanol–water partition coefficient (Wildman–Crippen LogP) is -2.49. The third-order valence-corrected chi connectivity index (χ3v) is 5.76. The number of hydrogen-bond acceptors (Lipinski definition) is 9. The number of aliphatic imine (C=N–C) groups is 1. The minimum absolute atomic E-state index is 0.0180. The maximum absolute atomic E-state index is 12.4. The molecule has 0 bridgehead atoms. The summed E-state index contributed by atoms with van der Waals surface area (Å²) in [5.41, 5.74) is 27.1. The Morgan fingerprint density at radius 3 is 2.08 bits per heavy atom. The zero-order valence-electron chi connectivity index (χ0n) is 13.4. The molecule has 0 aliphatic rings. The molecule has 0 heterocycles. The van der Waals surface area contributed by atoms with Crippen LogP contribution in [-0.2, 0) is 14.4 Å². The van der Waals surface area contributed by atoms with E-state index in [2.05, 4.69) is 4.99 Å². The molecule has 0 spiro atoms. The molecular formula is C12H24N6O5S2. The summed E-state index contributed by atoms with van der Waals surface area (Å²) in [5.74, 6) is -3.19. The van der Waals surface area contributed by atoms with E-state index in [0.29, 0.717) is 6.42 Å². The molecule has 0 saturated heterocycles. The second kappa shape index (κ2) is 11.9. The molecule has 0 saturated carbocycles. The Hall–Kier alpha value is -1.54. The number of guanidine groups is 1. The average Bonchev–Trinajstić information content (AvgIpc) is 2.53. The minimum atomic E-state index is -1.48. The van der Waals surface area contributed by atoms with Crippen molar-refractivity contribution in [3.63, 3.8) is 0 Å². The molecule has 144 valence electrons. The summed E-state index contributed by atoms with van der Waals surface area (Å²) in [6.07, 6.45) is 0.680. The molecule has 4 atom stereocenters. The molecule has 0 aromatic rings. The lowest BCUT2D eigenvalue weighted by atomic mass is 10.0. The number of ketones is 1. The zero-order valence-corrected chi connectivity index (χ0v) is 15.0. The molecule has 0 aliphatic carbocycles. The van der Waals surface area contributed by atoms with E-state index in [0.717, 1.165) is 21.6 Å². The van der Waals surface area contributed by atoms with Gasteiger partial charge in [0.25, 0.3) is 0 Å². The molecule has 0 fully saturated rings. The predicted molar refractivity (Wildman–Crippen MR) is 98.0 cm³/mol. The van der Waals surface area contributed by atoms with Crippen molar-refractivity contribution in [3.05, 3.63) is 0 Å². The van der Waals surface area contributed by atoms with E-state index in [1.165, 1.54) is 0 Å². The molecule has 0 rings (SSSR count). The lowest BCUT2D eigenvalue weighted by Crippen LogP contribution is -2.49. The highest BCUT2D eigenvalue weighted by molar-refractivity contribution is 8.77. The first-order valence-corrected chi connectivity index (χ1v) is 9.55. The number of nitrogens with two attached hydrogens (primary N) is 5. The van der Waals surface area contributed by atoms with E-state index >= 15 is 0 Å². The van der Waals surface area contributed by atoms with E-state index in [1.807, 2.05) is 0 Å². The van der Waals surface area contributed by atoms with Crippen LogP contribution in [0.2, 0.25) is 0 Å². The van der Waals surface area contributed by atoms with Crippen LogP contribution in [0.4, 0.5) is 0 Å². The summed E-state index contributed by atoms with van der Waals surface area (Å²) in [5, 5.41) is 16.6. The largest absolute Gasteiger partial charge is 0.480 e. The summed E-state index contributed by atoms with van der Waals surface area (Å²) in [7, 11) is 1.81. The number of hydrogen-bond donors (Lipinski definition) is 7. The van der Waals surface area contributed by atoms with Gasteiger partial charge < -0.3 is 38.9 Å². The van der Waals surface area contributed by atoms with E-state index < -0.39 is 41.1 Å². The Morgan fingerprint density at radius 1 is 1.00 bits per heavy atom. The SMILES string of the molecule is NC(N)=NCCC[C@H](N)C(=O)C(SSC[C@H](N)C(=O)O)[C@H](N)C(=O)O. The maximum Gasteiger partial charge on any atom is 0.322 e. The highest BCUT2D eigenvalue weighted by Crippen LogP contribution is 2.30. The average molecular weight is 396 g/mol. The smallest absolute Gasteiger partial charge is 0.322 e. The van der Waals surface area contributed by atoms with Crippen LogP contribution in [0.1, 0.15) is 12.8 Å². The Labute approximate surface area is 152 Å². The van der Waals surface area contributed by atoms with Gasteiger partial charge in [-0.2, -0.15) is 0 Å². The Morgan fingerprint density at radius 2 is 1.60 bits per heavy atom. The number of rotatable bonds is 13. The third-order valence-electron chi connectivity index (χ3n) is 2.96. The van der Waals surface area contributed by atoms with Gasteiger partial charge in [0, 0.05) is 12.3 Å². The van der Waals surface area contributed by atoms with Gasteiger partial charge in [0.1, 0.15) is 17.3 Å². The summed E-state index contributed by atoms with van der Waals surface area (Å²) in [6.45, 7) is 0.286. The normalized spacial score (nSPS) is 15.6. The highest BCUT2D eigenvalue weighted by atomic mass is 33.1. The lowest BCUT2D eigenvalue weighted by Gasteiger charge is -2.22. The molecule has 13 heteroatoms. The van der Waals surface area contributed by atoms with Crippen LogP contribution in [0.15, 0.2) is 4.99 Å². The van der Waals surface area contributed by atoms with Gasteiger partial charge in [0.15, 0.2) is 11.7 Å². The zero-order chi connectivity index (χ0) is 19.6. The van der Waals surface area contributed by atoms with Crippen LogP contribution in [0.5, 0.6) is 0 Å². The fourth-order valence-corrected chi connectivity index (χ4v) is 4.32. The van der Waals surface area contributed by atoms with Crippen molar-refractivity contribution < 1.29 is 24.6 Å². The van der Waals surface area contributed by atoms with Gasteiger partial charge in [-0.05, 0) is 12.8 Å². The van der Waals surface area contributed by atoms with E-state index in [9.17, 15) is 14.4 Å². The van der Waals surface area contributed by atoms with Crippen LogP contribution in [0.25, 0.3) is 0 Å². The van der Waals surface area contributed by atoms with Gasteiger partial charge in [-0.25, -0.2) is 0 Å². The van der Waals surface area contributed by atoms with Gasteiger partial charge >= 0.3 is 11.9 Å². The van der Waals surface area contributed by atoms with E-state index in [-0.39, 0.29) is 24.7 Å². The number of carbonyl (C=O) groups is 3. The molecule has 0 aliphatic heterocycles. The second-order valence-electron chi connectivity index (χ2n) is 5.07. The first-order valence-electron chi connectivity index (χ1n) is 7.17. The third kappa shape index (κ3) is 9.50. The summed E-state index contributed by atoms with van der Waals surface area (Å²) in [4.78, 5) is 37.9. The number of carboxylic acids is 2. The van der Waals surface area contributed by atoms with Crippen LogP contribution in [-0.4, -0.2) is 69.6 Å². The van der Waals surface area contributed by atoms with Crippen molar-refractivity contribution >= 4 is 45.3 Å². The highest BCUT2D eigenvalue weighted by Gasteiger charge is 2.34. The molecule has 0 aromatic heterocycles. The molecule has 0 radical (unpaired) electrons. The fourth-order valence-electron chi connectivity index (χ4n) is 1.54. The van der Waals surface area contributed by atoms with Crippen molar-refractivity contribution in [1.82, 2.24) is 0 Å². The molecule has 1 unspecified atom stereocenters. The topological polar surface area (TPSA) is 234 Å². The van der Waals surface area contributed by atoms with E-state index in [4.69, 9.17) is 38.9 Å². The van der Waals surface area contributed by atoms with Crippen LogP contribution in [0.3, 0.4) is 0 Å². The molecule has 12 N–H and O–H groups in total. The van der Waals surface area contributed by atoms with Crippen LogP contribution < -0.4 is 28.7 Å². The quantitative estimate of drug-likeness (QED) is 0.0741. The molecule has 0 amide bonds. The molecule has 0 aromatic carbocycles. The van der Waals surface area contributed by atoms with Crippen LogP contribution >= 0.6 is 21.6 Å². The number of Topliss-reactive ketones (excluding diaryl/α,β-unsaturated/α-hetero) is 1. The summed E-state index contributed by atoms with van der Waals surface area (Å²) < 4.78 is 0. The Balaban J connectivity index is 4.73. The Bertz CT molecular complexity index is 502. The lowest BCUT2D eigenvalue weighted by molar-refractivity contribution is -0.140. The first-order chi connectivity index (χ1) is 11.6. The standard InChI is InChI=1S/C12H24N6O5S2/c13-5(2-1-3-18-12(16)17)8(19)9(7(15)11(22)23)25-24-4-6(14)10(20)21/h5-7,9H,1-4,13-15H2,(H,20,21)(H,22,23)(H4,16,17,18)/t5-,6-,7-,9?/m0/s1. The number of nitrogens with zero attached hydrogens (tertiary/aromatic N) is 1.